The fraction of sp³-hybridized carbons (Fsp3) is 0.625. The van der Waals surface area contributed by atoms with Crippen molar-refractivity contribution in [3.05, 3.63) is 29.7 Å². The number of hydrogen-bond donors (Lipinski definition) is 2. The Hall–Kier alpha value is -2.68. The van der Waals surface area contributed by atoms with E-state index < -0.39 is 29.0 Å². The van der Waals surface area contributed by atoms with Crippen LogP contribution in [0.3, 0.4) is 0 Å². The standard InChI is InChI=1S/C24H35FN4O4/c1-14(2)29-19-9-8-15(25)10-18(19)20(27-29)21(30)26-16-11-17(12-24(6,7)32)28(13-16)22(31)33-23(3,4)5/h8-10,14,16-17,32H,11-13H2,1-7H3,(H,26,30)/t16-,17-/m0/s1. The number of benzene rings is 1. The van der Waals surface area contributed by atoms with E-state index in [1.54, 1.807) is 50.3 Å². The number of nitrogens with one attached hydrogen (secondary N) is 1. The molecule has 1 aliphatic rings. The normalized spacial score (nSPS) is 19.4. The monoisotopic (exact) mass is 462 g/mol. The molecule has 1 aromatic carbocycles. The molecule has 1 saturated heterocycles. The third-order valence-electron chi connectivity index (χ3n) is 5.49. The van der Waals surface area contributed by atoms with Crippen molar-refractivity contribution in [2.75, 3.05) is 6.54 Å². The summed E-state index contributed by atoms with van der Waals surface area (Å²) in [5.41, 5.74) is -0.830. The minimum Gasteiger partial charge on any atom is -0.444 e. The average molecular weight is 463 g/mol. The molecule has 1 fully saturated rings. The minimum atomic E-state index is -0.992. The van der Waals surface area contributed by atoms with E-state index in [9.17, 15) is 19.1 Å². The number of hydrogen-bond acceptors (Lipinski definition) is 5. The topological polar surface area (TPSA) is 96.7 Å². The van der Waals surface area contributed by atoms with Gasteiger partial charge in [0.1, 0.15) is 11.4 Å². The zero-order valence-corrected chi connectivity index (χ0v) is 20.5. The maximum absolute atomic E-state index is 13.9. The van der Waals surface area contributed by atoms with E-state index in [0.717, 1.165) is 0 Å². The van der Waals surface area contributed by atoms with Crippen molar-refractivity contribution in [1.29, 1.82) is 0 Å². The molecule has 0 saturated carbocycles. The van der Waals surface area contributed by atoms with Crippen LogP contribution in [0.5, 0.6) is 0 Å². The molecule has 2 atom stereocenters. The fourth-order valence-electron chi connectivity index (χ4n) is 4.26. The number of halogens is 1. The Morgan fingerprint density at radius 1 is 1.27 bits per heavy atom. The molecule has 182 valence electrons. The van der Waals surface area contributed by atoms with Crippen LogP contribution in [-0.4, -0.2) is 61.6 Å². The van der Waals surface area contributed by atoms with Crippen LogP contribution in [0.2, 0.25) is 0 Å². The maximum atomic E-state index is 13.9. The number of carbonyl (C=O) groups excluding carboxylic acids is 2. The number of nitrogens with zero attached hydrogens (tertiary/aromatic N) is 3. The highest BCUT2D eigenvalue weighted by Crippen LogP contribution is 2.28. The molecule has 2 aromatic rings. The molecule has 33 heavy (non-hydrogen) atoms. The second-order valence-corrected chi connectivity index (χ2v) is 10.8. The van der Waals surface area contributed by atoms with E-state index in [2.05, 4.69) is 10.4 Å². The highest BCUT2D eigenvalue weighted by molar-refractivity contribution is 6.05. The number of aliphatic hydroxyl groups is 1. The third-order valence-corrected chi connectivity index (χ3v) is 5.49. The van der Waals surface area contributed by atoms with Crippen molar-refractivity contribution in [2.24, 2.45) is 0 Å². The molecule has 2 N–H and O–H groups in total. The molecule has 1 aromatic heterocycles. The molecule has 0 radical (unpaired) electrons. The first kappa shape index (κ1) is 25.0. The number of rotatable bonds is 5. The summed E-state index contributed by atoms with van der Waals surface area (Å²) in [5.74, 6) is -0.870. The lowest BCUT2D eigenvalue weighted by molar-refractivity contribution is 0.00779. The minimum absolute atomic E-state index is 0.00943. The first-order chi connectivity index (χ1) is 15.1. The van der Waals surface area contributed by atoms with Gasteiger partial charge in [-0.1, -0.05) is 0 Å². The van der Waals surface area contributed by atoms with Gasteiger partial charge in [-0.15, -0.1) is 0 Å². The van der Waals surface area contributed by atoms with E-state index in [1.165, 1.54) is 12.1 Å². The summed E-state index contributed by atoms with van der Waals surface area (Å²) in [6.45, 7) is 12.9. The Balaban J connectivity index is 1.83. The number of likely N-dealkylation sites (tertiary alicyclic amines) is 1. The van der Waals surface area contributed by atoms with Crippen molar-refractivity contribution in [3.63, 3.8) is 0 Å². The molecule has 0 unspecified atom stereocenters. The summed E-state index contributed by atoms with van der Waals surface area (Å²) in [7, 11) is 0. The van der Waals surface area contributed by atoms with Crippen LogP contribution in [0.25, 0.3) is 10.9 Å². The van der Waals surface area contributed by atoms with Gasteiger partial charge in [-0.2, -0.15) is 5.10 Å². The summed E-state index contributed by atoms with van der Waals surface area (Å²) in [6, 6.07) is 3.62. The predicted molar refractivity (Wildman–Crippen MR) is 124 cm³/mol. The number of amides is 2. The molecule has 0 bridgehead atoms. The number of aromatic nitrogens is 2. The predicted octanol–water partition coefficient (Wildman–Crippen LogP) is 4.03. The summed E-state index contributed by atoms with van der Waals surface area (Å²) in [6.07, 6.45) is 0.325. The lowest BCUT2D eigenvalue weighted by Gasteiger charge is -2.31. The molecule has 3 rings (SSSR count). The first-order valence-corrected chi connectivity index (χ1v) is 11.4. The van der Waals surface area contributed by atoms with Gasteiger partial charge < -0.3 is 20.1 Å². The van der Waals surface area contributed by atoms with Gasteiger partial charge in [-0.05, 0) is 79.5 Å². The number of fused-ring (bicyclic) bond motifs is 1. The lowest BCUT2D eigenvalue weighted by Crippen LogP contribution is -2.43. The molecular weight excluding hydrogens is 427 g/mol. The van der Waals surface area contributed by atoms with Gasteiger partial charge in [0.25, 0.3) is 5.91 Å². The number of carbonyl (C=O) groups is 2. The zero-order chi connectivity index (χ0) is 24.7. The highest BCUT2D eigenvalue weighted by Gasteiger charge is 2.40. The van der Waals surface area contributed by atoms with Gasteiger partial charge in [0.05, 0.1) is 11.1 Å². The summed E-state index contributed by atoms with van der Waals surface area (Å²) < 4.78 is 21.2. The molecule has 2 heterocycles. The van der Waals surface area contributed by atoms with Gasteiger partial charge in [0, 0.05) is 30.1 Å². The van der Waals surface area contributed by atoms with Crippen LogP contribution in [0.15, 0.2) is 18.2 Å². The van der Waals surface area contributed by atoms with Crippen LogP contribution < -0.4 is 5.32 Å². The Morgan fingerprint density at radius 3 is 2.52 bits per heavy atom. The summed E-state index contributed by atoms with van der Waals surface area (Å²) in [5, 5.41) is 18.2. The van der Waals surface area contributed by atoms with E-state index in [-0.39, 0.29) is 30.4 Å². The highest BCUT2D eigenvalue weighted by atomic mass is 19.1. The molecular formula is C24H35FN4O4. The van der Waals surface area contributed by atoms with E-state index in [1.807, 2.05) is 13.8 Å². The van der Waals surface area contributed by atoms with Crippen molar-refractivity contribution in [1.82, 2.24) is 20.0 Å². The van der Waals surface area contributed by atoms with Crippen LogP contribution in [0.4, 0.5) is 9.18 Å². The van der Waals surface area contributed by atoms with Gasteiger partial charge in [-0.3, -0.25) is 9.48 Å². The first-order valence-electron chi connectivity index (χ1n) is 11.4. The molecule has 1 aliphatic heterocycles. The van der Waals surface area contributed by atoms with E-state index in [4.69, 9.17) is 4.74 Å². The van der Waals surface area contributed by atoms with Gasteiger partial charge in [0.15, 0.2) is 5.69 Å². The third kappa shape index (κ3) is 6.01. The quantitative estimate of drug-likeness (QED) is 0.700. The second kappa shape index (κ2) is 8.93. The van der Waals surface area contributed by atoms with Crippen LogP contribution >= 0.6 is 0 Å². The number of ether oxygens (including phenoxy) is 1. The van der Waals surface area contributed by atoms with Crippen LogP contribution in [0, 0.1) is 5.82 Å². The Kier molecular flexibility index (Phi) is 6.75. The second-order valence-electron chi connectivity index (χ2n) is 10.8. The molecule has 0 spiro atoms. The SMILES string of the molecule is CC(C)n1nc(C(=O)N[C@H]2C[C@@H](CC(C)(C)O)N(C(=O)OC(C)(C)C)C2)c2cc(F)ccc21. The molecule has 9 heteroatoms. The smallest absolute Gasteiger partial charge is 0.410 e. The largest absolute Gasteiger partial charge is 0.444 e. The maximum Gasteiger partial charge on any atom is 0.410 e. The van der Waals surface area contributed by atoms with Crippen molar-refractivity contribution < 1.29 is 23.8 Å². The summed E-state index contributed by atoms with van der Waals surface area (Å²) in [4.78, 5) is 27.5. The Labute approximate surface area is 194 Å². The molecule has 8 nitrogen and oxygen atoms in total. The van der Waals surface area contributed by atoms with Crippen molar-refractivity contribution in [3.8, 4) is 0 Å². The van der Waals surface area contributed by atoms with Crippen LogP contribution in [0.1, 0.15) is 77.8 Å². The van der Waals surface area contributed by atoms with Crippen molar-refractivity contribution >= 4 is 22.9 Å². The molecule has 0 aliphatic carbocycles. The molecule has 2 amide bonds. The van der Waals surface area contributed by atoms with Gasteiger partial charge >= 0.3 is 6.09 Å². The van der Waals surface area contributed by atoms with E-state index in [0.29, 0.717) is 23.7 Å². The lowest BCUT2D eigenvalue weighted by atomic mass is 9.97. The zero-order valence-electron chi connectivity index (χ0n) is 20.5. The Bertz CT molecular complexity index is 1040. The van der Waals surface area contributed by atoms with Crippen molar-refractivity contribution in [2.45, 2.75) is 90.6 Å². The van der Waals surface area contributed by atoms with Gasteiger partial charge in [0.2, 0.25) is 0 Å². The fourth-order valence-corrected chi connectivity index (χ4v) is 4.26. The van der Waals surface area contributed by atoms with Crippen LogP contribution in [-0.2, 0) is 4.74 Å². The Morgan fingerprint density at radius 2 is 1.94 bits per heavy atom. The van der Waals surface area contributed by atoms with E-state index >= 15 is 0 Å². The summed E-state index contributed by atoms with van der Waals surface area (Å²) >= 11 is 0. The van der Waals surface area contributed by atoms with Gasteiger partial charge in [-0.25, -0.2) is 9.18 Å². The average Bonchev–Trinajstić information content (AvgIpc) is 3.19.